The van der Waals surface area contributed by atoms with Gasteiger partial charge in [-0.3, -0.25) is 4.98 Å². The van der Waals surface area contributed by atoms with E-state index in [0.717, 1.165) is 38.9 Å². The average Bonchev–Trinajstić information content (AvgIpc) is 3.24. The van der Waals surface area contributed by atoms with Crippen molar-refractivity contribution >= 4 is 27.2 Å². The third-order valence-corrected chi connectivity index (χ3v) is 6.29. The molecule has 0 aliphatic carbocycles. The van der Waals surface area contributed by atoms with Crippen molar-refractivity contribution in [1.82, 2.24) is 9.97 Å². The highest BCUT2D eigenvalue weighted by Crippen LogP contribution is 2.34. The summed E-state index contributed by atoms with van der Waals surface area (Å²) in [5, 5.41) is 15.5. The largest absolute Gasteiger partial charge is 0.416 e. The summed E-state index contributed by atoms with van der Waals surface area (Å²) < 4.78 is 38.3. The lowest BCUT2D eigenvalue weighted by Gasteiger charge is -2.13. The van der Waals surface area contributed by atoms with E-state index >= 15 is 0 Å². The predicted octanol–water partition coefficient (Wildman–Crippen LogP) is 5.09. The molecule has 4 aromatic rings. The molecule has 0 amide bonds. The van der Waals surface area contributed by atoms with Crippen molar-refractivity contribution < 1.29 is 18.3 Å². The van der Waals surface area contributed by atoms with Crippen LogP contribution in [0.1, 0.15) is 23.7 Å². The van der Waals surface area contributed by atoms with E-state index in [2.05, 4.69) is 27.1 Å². The van der Waals surface area contributed by atoms with Crippen LogP contribution < -0.4 is 11.1 Å². The summed E-state index contributed by atoms with van der Waals surface area (Å²) >= 11 is 1.42. The lowest BCUT2D eigenvalue weighted by atomic mass is 10.0. The van der Waals surface area contributed by atoms with Gasteiger partial charge >= 0.3 is 6.18 Å². The minimum absolute atomic E-state index is 0.334. The summed E-state index contributed by atoms with van der Waals surface area (Å²) in [7, 11) is 0. The quantitative estimate of drug-likeness (QED) is 0.324. The lowest BCUT2D eigenvalue weighted by molar-refractivity contribution is -0.137. The molecule has 2 aromatic heterocycles. The first kappa shape index (κ1) is 24.7. The Morgan fingerprint density at radius 1 is 1.11 bits per heavy atom. The van der Waals surface area contributed by atoms with Crippen LogP contribution in [-0.2, 0) is 12.6 Å². The van der Waals surface area contributed by atoms with Crippen LogP contribution in [0.25, 0.3) is 21.2 Å². The maximum absolute atomic E-state index is 12.8. The van der Waals surface area contributed by atoms with Crippen LogP contribution in [0.2, 0.25) is 0 Å². The predicted molar refractivity (Wildman–Crippen MR) is 133 cm³/mol. The molecule has 2 atom stereocenters. The maximum atomic E-state index is 12.8. The second-order valence-electron chi connectivity index (χ2n) is 8.12. The number of nitrogens with one attached hydrogen (secondary N) is 1. The summed E-state index contributed by atoms with van der Waals surface area (Å²) in [6.07, 6.45) is -1.21. The van der Waals surface area contributed by atoms with E-state index in [4.69, 9.17) is 5.73 Å². The second kappa shape index (κ2) is 10.4. The molecule has 2 heterocycles. The number of thiazole rings is 1. The Labute approximate surface area is 204 Å². The van der Waals surface area contributed by atoms with Crippen molar-refractivity contribution in [2.75, 3.05) is 11.9 Å². The van der Waals surface area contributed by atoms with Crippen molar-refractivity contribution in [2.45, 2.75) is 31.7 Å². The minimum Gasteiger partial charge on any atom is -0.381 e. The van der Waals surface area contributed by atoms with Crippen molar-refractivity contribution in [2.24, 2.45) is 5.73 Å². The van der Waals surface area contributed by atoms with Gasteiger partial charge in [0.25, 0.3) is 0 Å². The SMILES string of the molecule is CC(O)C#Cc1nc(NC[C@@H](N)Cc2ccc(C(F)(F)F)cc2)sc1-c1ccc2cnccc2c1. The number of alkyl halides is 3. The number of halogens is 3. The van der Waals surface area contributed by atoms with Gasteiger partial charge in [0, 0.05) is 30.4 Å². The normalized spacial score (nSPS) is 13.2. The van der Waals surface area contributed by atoms with E-state index in [1.54, 1.807) is 19.3 Å². The van der Waals surface area contributed by atoms with Gasteiger partial charge < -0.3 is 16.2 Å². The van der Waals surface area contributed by atoms with Gasteiger partial charge in [0.05, 0.1) is 10.4 Å². The second-order valence-corrected chi connectivity index (χ2v) is 9.12. The summed E-state index contributed by atoms with van der Waals surface area (Å²) in [5.74, 6) is 5.69. The number of rotatable bonds is 6. The fourth-order valence-corrected chi connectivity index (χ4v) is 4.42. The van der Waals surface area contributed by atoms with Crippen LogP contribution >= 0.6 is 11.3 Å². The van der Waals surface area contributed by atoms with E-state index < -0.39 is 17.8 Å². The third-order valence-electron chi connectivity index (χ3n) is 5.22. The number of benzene rings is 2. The molecule has 35 heavy (non-hydrogen) atoms. The molecule has 0 radical (unpaired) electrons. The van der Waals surface area contributed by atoms with Crippen LogP contribution in [0, 0.1) is 11.8 Å². The van der Waals surface area contributed by atoms with Gasteiger partial charge in [-0.1, -0.05) is 41.5 Å². The van der Waals surface area contributed by atoms with Crippen molar-refractivity contribution in [3.05, 3.63) is 77.7 Å². The van der Waals surface area contributed by atoms with Gasteiger partial charge in [-0.2, -0.15) is 13.2 Å². The zero-order valence-electron chi connectivity index (χ0n) is 18.8. The summed E-state index contributed by atoms with van der Waals surface area (Å²) in [6, 6.07) is 12.6. The molecule has 4 rings (SSSR count). The molecule has 0 bridgehead atoms. The molecule has 0 saturated heterocycles. The topological polar surface area (TPSA) is 84.1 Å². The molecule has 0 spiro atoms. The van der Waals surface area contributed by atoms with Crippen molar-refractivity contribution in [3.63, 3.8) is 0 Å². The number of fused-ring (bicyclic) bond motifs is 1. The Hall–Kier alpha value is -3.45. The molecular formula is C26H23F3N4OS. The maximum Gasteiger partial charge on any atom is 0.416 e. The number of aliphatic hydroxyl groups is 1. The highest BCUT2D eigenvalue weighted by atomic mass is 32.1. The number of pyridine rings is 1. The number of nitrogens with two attached hydrogens (primary N) is 1. The molecule has 0 aliphatic heterocycles. The van der Waals surface area contributed by atoms with Gasteiger partial charge in [-0.05, 0) is 60.0 Å². The van der Waals surface area contributed by atoms with Crippen molar-refractivity contribution in [1.29, 1.82) is 0 Å². The molecule has 4 N–H and O–H groups in total. The number of nitrogens with zero attached hydrogens (tertiary/aromatic N) is 2. The van der Waals surface area contributed by atoms with E-state index in [1.807, 2.05) is 24.3 Å². The van der Waals surface area contributed by atoms with Gasteiger partial charge in [0.2, 0.25) is 0 Å². The summed E-state index contributed by atoms with van der Waals surface area (Å²) in [4.78, 5) is 9.58. The van der Waals surface area contributed by atoms with Gasteiger partial charge in [-0.25, -0.2) is 4.98 Å². The van der Waals surface area contributed by atoms with Crippen LogP contribution in [-0.4, -0.2) is 33.8 Å². The number of anilines is 1. The first-order valence-corrected chi connectivity index (χ1v) is 11.7. The number of aromatic nitrogens is 2. The minimum atomic E-state index is -4.36. The highest BCUT2D eigenvalue weighted by Gasteiger charge is 2.30. The molecule has 180 valence electrons. The van der Waals surface area contributed by atoms with Crippen LogP contribution in [0.15, 0.2) is 60.9 Å². The standard InChI is InChI=1S/C26H23F3N4OS/c1-16(34)2-9-23-24(19-5-6-20-14-31-11-10-18(20)13-19)35-25(33-23)32-15-22(30)12-17-3-7-21(8-4-17)26(27,28)29/h3-8,10-11,13-14,16,22,34H,12,15,30H2,1H3,(H,32,33)/t16?,22-/m0/s1. The van der Waals surface area contributed by atoms with Gasteiger partial charge in [-0.15, -0.1) is 0 Å². The van der Waals surface area contributed by atoms with Crippen LogP contribution in [0.4, 0.5) is 18.3 Å². The zero-order chi connectivity index (χ0) is 25.0. The van der Waals surface area contributed by atoms with E-state index in [-0.39, 0.29) is 6.04 Å². The van der Waals surface area contributed by atoms with Crippen LogP contribution in [0.5, 0.6) is 0 Å². The Morgan fingerprint density at radius 3 is 2.60 bits per heavy atom. The molecule has 0 aliphatic rings. The fourth-order valence-electron chi connectivity index (χ4n) is 3.50. The van der Waals surface area contributed by atoms with Crippen molar-refractivity contribution in [3.8, 4) is 22.3 Å². The molecule has 9 heteroatoms. The summed E-state index contributed by atoms with van der Waals surface area (Å²) in [6.45, 7) is 1.96. The number of hydrogen-bond acceptors (Lipinski definition) is 6. The van der Waals surface area contributed by atoms with E-state index in [0.29, 0.717) is 23.8 Å². The smallest absolute Gasteiger partial charge is 0.381 e. The Bertz CT molecular complexity index is 1370. The molecule has 5 nitrogen and oxygen atoms in total. The average molecular weight is 497 g/mol. The molecule has 0 saturated carbocycles. The Morgan fingerprint density at radius 2 is 1.89 bits per heavy atom. The van der Waals surface area contributed by atoms with Crippen LogP contribution in [0.3, 0.4) is 0 Å². The van der Waals surface area contributed by atoms with E-state index in [9.17, 15) is 18.3 Å². The zero-order valence-corrected chi connectivity index (χ0v) is 19.6. The molecule has 1 unspecified atom stereocenters. The number of hydrogen-bond donors (Lipinski definition) is 3. The Balaban J connectivity index is 1.50. The first-order valence-electron chi connectivity index (χ1n) is 10.9. The lowest BCUT2D eigenvalue weighted by Crippen LogP contribution is -2.31. The molecule has 2 aromatic carbocycles. The monoisotopic (exact) mass is 496 g/mol. The molecule has 0 fully saturated rings. The first-order chi connectivity index (χ1) is 16.7. The summed E-state index contributed by atoms with van der Waals surface area (Å²) in [5.41, 5.74) is 7.75. The van der Waals surface area contributed by atoms with Gasteiger partial charge in [0.1, 0.15) is 11.8 Å². The fraction of sp³-hybridized carbons (Fsp3) is 0.231. The van der Waals surface area contributed by atoms with E-state index in [1.165, 1.54) is 23.5 Å². The number of aliphatic hydroxyl groups excluding tert-OH is 1. The third kappa shape index (κ3) is 6.36. The highest BCUT2D eigenvalue weighted by molar-refractivity contribution is 7.19. The Kier molecular flexibility index (Phi) is 7.36. The molecular weight excluding hydrogens is 473 g/mol. The van der Waals surface area contributed by atoms with Gasteiger partial charge in [0.15, 0.2) is 5.13 Å².